The molecular weight excluding hydrogens is 442 g/mol. The smallest absolute Gasteiger partial charge is 0.388 e. The first-order chi connectivity index (χ1) is 14.1. The van der Waals surface area contributed by atoms with Crippen LogP contribution < -0.4 is 10.2 Å². The van der Waals surface area contributed by atoms with Gasteiger partial charge in [0.2, 0.25) is 0 Å². The zero-order valence-electron chi connectivity index (χ0n) is 18.0. The monoisotopic (exact) mass is 480 g/mol. The van der Waals surface area contributed by atoms with Gasteiger partial charge >= 0.3 is 7.75 Å². The minimum absolute atomic E-state index is 0.0379. The molecule has 0 amide bonds. The molecule has 0 fully saturated rings. The highest BCUT2D eigenvalue weighted by atomic mass is 31.2. The van der Waals surface area contributed by atoms with Crippen LogP contribution in [0.3, 0.4) is 0 Å². The van der Waals surface area contributed by atoms with Crippen LogP contribution in [0, 0.1) is 0 Å². The fraction of sp³-hybridized carbons (Fsp3) is 1.00. The van der Waals surface area contributed by atoms with Crippen molar-refractivity contribution in [1.29, 1.82) is 0 Å². The molecule has 0 heterocycles. The maximum absolute atomic E-state index is 11.7. The highest BCUT2D eigenvalue weighted by molar-refractivity contribution is 7.56. The Kier molecular flexibility index (Phi) is 17.6. The molecule has 3 unspecified atom stereocenters. The van der Waals surface area contributed by atoms with Crippen LogP contribution in [0.5, 0.6) is 0 Å². The topological polar surface area (TPSA) is 165 Å². The molecule has 0 aromatic carbocycles. The van der Waals surface area contributed by atoms with Crippen LogP contribution in [0.4, 0.5) is 0 Å². The lowest BCUT2D eigenvalue weighted by molar-refractivity contribution is -0.0252. The molecule has 182 valence electrons. The van der Waals surface area contributed by atoms with Gasteiger partial charge in [-0.15, -0.1) is 0 Å². The van der Waals surface area contributed by atoms with E-state index in [1.54, 1.807) is 13.8 Å². The molecule has 0 radical (unpaired) electrons. The number of nitrogens with one attached hydrogen (secondary N) is 2. The number of ether oxygens (including phenoxy) is 4. The first-order valence-corrected chi connectivity index (χ1v) is 13.1. The Morgan fingerprint density at radius 3 is 1.83 bits per heavy atom. The summed E-state index contributed by atoms with van der Waals surface area (Å²) in [6.07, 6.45) is -0.378. The Morgan fingerprint density at radius 1 is 0.833 bits per heavy atom. The van der Waals surface area contributed by atoms with Gasteiger partial charge in [0, 0.05) is 18.8 Å². The number of aliphatic hydroxyl groups excluding tert-OH is 1. The lowest BCUT2D eigenvalue weighted by Gasteiger charge is -2.16. The third kappa shape index (κ3) is 17.7. The standard InChI is InChI=1S/C16H38N2O10P2/c1-15(2)29(20,21)18-5-4-6-24-7-8-25-9-10-26-11-12-27-13-16(19)14-28-30(22,23)17-3/h15-16,19H,4-14H2,1-3H3,(H2,17,22,23)(H2,18,20,21). The van der Waals surface area contributed by atoms with E-state index in [9.17, 15) is 19.1 Å². The quantitative estimate of drug-likeness (QED) is 0.113. The first kappa shape index (κ1) is 30.1. The minimum Gasteiger partial charge on any atom is -0.388 e. The summed E-state index contributed by atoms with van der Waals surface area (Å²) in [5.41, 5.74) is -0.307. The fourth-order valence-corrected chi connectivity index (χ4v) is 3.12. The largest absolute Gasteiger partial charge is 0.402 e. The summed E-state index contributed by atoms with van der Waals surface area (Å²) >= 11 is 0. The van der Waals surface area contributed by atoms with E-state index in [1.807, 2.05) is 0 Å². The Labute approximate surface area is 178 Å². The number of aliphatic hydroxyl groups is 1. The number of rotatable bonds is 21. The van der Waals surface area contributed by atoms with E-state index in [0.29, 0.717) is 52.6 Å². The average Bonchev–Trinajstić information content (AvgIpc) is 2.69. The Balaban J connectivity index is 3.32. The molecule has 0 aliphatic rings. The van der Waals surface area contributed by atoms with Crippen LogP contribution in [-0.4, -0.2) is 99.7 Å². The van der Waals surface area contributed by atoms with Crippen LogP contribution in [0.1, 0.15) is 20.3 Å². The fourth-order valence-electron chi connectivity index (χ4n) is 1.77. The van der Waals surface area contributed by atoms with Gasteiger partial charge in [-0.3, -0.25) is 9.09 Å². The molecule has 30 heavy (non-hydrogen) atoms. The molecule has 0 saturated carbocycles. The molecular formula is C16H38N2O10P2. The molecule has 0 aromatic rings. The normalized spacial score (nSPS) is 17.0. The second-order valence-corrected chi connectivity index (χ2v) is 10.9. The van der Waals surface area contributed by atoms with Crippen LogP contribution >= 0.6 is 15.3 Å². The summed E-state index contributed by atoms with van der Waals surface area (Å²) in [4.78, 5) is 18.7. The first-order valence-electron chi connectivity index (χ1n) is 9.83. The molecule has 3 atom stereocenters. The summed E-state index contributed by atoms with van der Waals surface area (Å²) in [6, 6.07) is 0. The van der Waals surface area contributed by atoms with Crippen molar-refractivity contribution < 1.29 is 47.5 Å². The molecule has 0 saturated heterocycles. The average molecular weight is 480 g/mol. The van der Waals surface area contributed by atoms with Crippen molar-refractivity contribution >= 4 is 15.3 Å². The minimum atomic E-state index is -3.85. The maximum atomic E-state index is 11.7. The van der Waals surface area contributed by atoms with Gasteiger partial charge in [-0.1, -0.05) is 13.8 Å². The van der Waals surface area contributed by atoms with Crippen molar-refractivity contribution in [3.05, 3.63) is 0 Å². The summed E-state index contributed by atoms with van der Waals surface area (Å²) in [6.45, 7) is 6.16. The molecule has 5 N–H and O–H groups in total. The molecule has 14 heteroatoms. The summed E-state index contributed by atoms with van der Waals surface area (Å²) in [5, 5.41) is 14.3. The van der Waals surface area contributed by atoms with E-state index >= 15 is 0 Å². The second kappa shape index (κ2) is 17.6. The Morgan fingerprint density at radius 2 is 1.33 bits per heavy atom. The van der Waals surface area contributed by atoms with E-state index < -0.39 is 21.4 Å². The Bertz CT molecular complexity index is 512. The van der Waals surface area contributed by atoms with Crippen molar-refractivity contribution in [1.82, 2.24) is 10.2 Å². The Hall–Kier alpha value is 0.0600. The number of hydrogen-bond donors (Lipinski definition) is 5. The van der Waals surface area contributed by atoms with Crippen LogP contribution in [-0.2, 0) is 32.6 Å². The molecule has 0 aliphatic heterocycles. The maximum Gasteiger partial charge on any atom is 0.402 e. The van der Waals surface area contributed by atoms with E-state index in [2.05, 4.69) is 14.7 Å². The highest BCUT2D eigenvalue weighted by Crippen LogP contribution is 2.40. The van der Waals surface area contributed by atoms with E-state index in [4.69, 9.17) is 23.8 Å². The van der Waals surface area contributed by atoms with Crippen LogP contribution in [0.25, 0.3) is 0 Å². The number of hydrogen-bond acceptors (Lipinski definition) is 8. The third-order valence-electron chi connectivity index (χ3n) is 3.65. The molecule has 0 aliphatic carbocycles. The zero-order chi connectivity index (χ0) is 22.9. The van der Waals surface area contributed by atoms with Gasteiger partial charge in [-0.25, -0.2) is 14.7 Å². The lowest BCUT2D eigenvalue weighted by atomic mass is 10.4. The van der Waals surface area contributed by atoms with Crippen molar-refractivity contribution in [3.63, 3.8) is 0 Å². The van der Waals surface area contributed by atoms with Crippen molar-refractivity contribution in [2.45, 2.75) is 32.0 Å². The van der Waals surface area contributed by atoms with Gasteiger partial charge in [0.05, 0.1) is 52.9 Å². The summed E-state index contributed by atoms with van der Waals surface area (Å²) < 4.78 is 48.6. The van der Waals surface area contributed by atoms with Gasteiger partial charge in [0.1, 0.15) is 6.10 Å². The predicted molar refractivity (Wildman–Crippen MR) is 112 cm³/mol. The SMILES string of the molecule is CNP(=O)(O)OCC(O)COCCOCCOCCOCCCNP(=O)(O)C(C)C. The second-order valence-electron chi connectivity index (χ2n) is 6.58. The lowest BCUT2D eigenvalue weighted by Crippen LogP contribution is -2.23. The van der Waals surface area contributed by atoms with E-state index in [0.717, 1.165) is 0 Å². The summed E-state index contributed by atoms with van der Waals surface area (Å²) in [5.74, 6) is 0. The van der Waals surface area contributed by atoms with Crippen molar-refractivity contribution in [2.75, 3.05) is 73.1 Å². The predicted octanol–water partition coefficient (Wildman–Crippen LogP) is 0.324. The zero-order valence-corrected chi connectivity index (χ0v) is 19.8. The molecule has 12 nitrogen and oxygen atoms in total. The molecule has 0 bridgehead atoms. The van der Waals surface area contributed by atoms with Gasteiger partial charge in [-0.2, -0.15) is 0 Å². The molecule has 0 spiro atoms. The van der Waals surface area contributed by atoms with Gasteiger partial charge in [0.25, 0.3) is 7.52 Å². The molecule has 0 rings (SSSR count). The van der Waals surface area contributed by atoms with E-state index in [1.165, 1.54) is 7.05 Å². The molecule has 0 aromatic heterocycles. The van der Waals surface area contributed by atoms with Crippen LogP contribution in [0.15, 0.2) is 0 Å². The highest BCUT2D eigenvalue weighted by Gasteiger charge is 2.21. The van der Waals surface area contributed by atoms with Gasteiger partial charge in [0.15, 0.2) is 0 Å². The van der Waals surface area contributed by atoms with E-state index in [-0.39, 0.29) is 25.5 Å². The van der Waals surface area contributed by atoms with Gasteiger partial charge in [-0.05, 0) is 13.5 Å². The van der Waals surface area contributed by atoms with Crippen molar-refractivity contribution in [3.8, 4) is 0 Å². The third-order valence-corrected chi connectivity index (χ3v) is 6.80. The van der Waals surface area contributed by atoms with Crippen LogP contribution in [0.2, 0.25) is 0 Å². The summed E-state index contributed by atoms with van der Waals surface area (Å²) in [7, 11) is -5.82. The van der Waals surface area contributed by atoms with Crippen molar-refractivity contribution in [2.24, 2.45) is 0 Å². The van der Waals surface area contributed by atoms with Gasteiger partial charge < -0.3 is 33.8 Å².